The molecule has 0 aliphatic heterocycles. The van der Waals surface area contributed by atoms with Crippen molar-refractivity contribution < 1.29 is 14.3 Å². The Labute approximate surface area is 112 Å². The molecule has 2 aromatic rings. The lowest BCUT2D eigenvalue weighted by atomic mass is 10.2. The highest BCUT2D eigenvalue weighted by molar-refractivity contribution is 5.91. The minimum Gasteiger partial charge on any atom is -0.490 e. The van der Waals surface area contributed by atoms with Crippen LogP contribution in [0.15, 0.2) is 67.3 Å². The highest BCUT2D eigenvalue weighted by atomic mass is 16.5. The van der Waals surface area contributed by atoms with Gasteiger partial charge in [-0.25, -0.2) is 4.79 Å². The second-order valence-electron chi connectivity index (χ2n) is 3.83. The summed E-state index contributed by atoms with van der Waals surface area (Å²) in [5.41, 5.74) is 0.481. The van der Waals surface area contributed by atoms with Gasteiger partial charge in [0.05, 0.1) is 5.56 Å². The lowest BCUT2D eigenvalue weighted by Crippen LogP contribution is -2.08. The van der Waals surface area contributed by atoms with E-state index >= 15 is 0 Å². The molecule has 19 heavy (non-hydrogen) atoms. The number of rotatable bonds is 5. The maximum absolute atomic E-state index is 11.9. The van der Waals surface area contributed by atoms with Crippen LogP contribution < -0.4 is 9.47 Å². The van der Waals surface area contributed by atoms with Crippen molar-refractivity contribution in [2.75, 3.05) is 6.61 Å². The van der Waals surface area contributed by atoms with Crippen molar-refractivity contribution in [1.29, 1.82) is 0 Å². The molecule has 0 saturated carbocycles. The second kappa shape index (κ2) is 6.40. The van der Waals surface area contributed by atoms with Crippen LogP contribution in [-0.2, 0) is 0 Å². The lowest BCUT2D eigenvalue weighted by molar-refractivity contribution is 0.0735. The summed E-state index contributed by atoms with van der Waals surface area (Å²) in [5, 5.41) is 0. The summed E-state index contributed by atoms with van der Waals surface area (Å²) in [7, 11) is 0. The van der Waals surface area contributed by atoms with Crippen molar-refractivity contribution in [2.24, 2.45) is 0 Å². The molecule has 0 unspecified atom stereocenters. The van der Waals surface area contributed by atoms with E-state index in [1.54, 1.807) is 42.5 Å². The van der Waals surface area contributed by atoms with Crippen molar-refractivity contribution in [2.45, 2.75) is 0 Å². The maximum Gasteiger partial charge on any atom is 0.343 e. The van der Waals surface area contributed by atoms with Crippen LogP contribution >= 0.6 is 0 Å². The first-order valence-electron chi connectivity index (χ1n) is 5.90. The van der Waals surface area contributed by atoms with E-state index in [2.05, 4.69) is 6.58 Å². The highest BCUT2D eigenvalue weighted by Gasteiger charge is 2.08. The topological polar surface area (TPSA) is 35.5 Å². The van der Waals surface area contributed by atoms with Gasteiger partial charge in [0.1, 0.15) is 18.1 Å². The van der Waals surface area contributed by atoms with E-state index in [-0.39, 0.29) is 5.97 Å². The summed E-state index contributed by atoms with van der Waals surface area (Å²) in [6, 6.07) is 15.8. The van der Waals surface area contributed by atoms with Gasteiger partial charge in [0.15, 0.2) is 0 Å². The molecule has 0 atom stereocenters. The number of carbonyl (C=O) groups excluding carboxylic acids is 1. The van der Waals surface area contributed by atoms with E-state index in [9.17, 15) is 4.79 Å². The first-order valence-corrected chi connectivity index (χ1v) is 5.90. The molecule has 2 rings (SSSR count). The van der Waals surface area contributed by atoms with Crippen molar-refractivity contribution >= 4 is 5.97 Å². The first-order chi connectivity index (χ1) is 9.29. The van der Waals surface area contributed by atoms with Gasteiger partial charge in [0, 0.05) is 0 Å². The van der Waals surface area contributed by atoms with Crippen molar-refractivity contribution in [3.63, 3.8) is 0 Å². The summed E-state index contributed by atoms with van der Waals surface area (Å²) in [5.74, 6) is 0.831. The molecule has 0 N–H and O–H groups in total. The first kappa shape index (κ1) is 12.9. The predicted molar refractivity (Wildman–Crippen MR) is 73.5 cm³/mol. The van der Waals surface area contributed by atoms with Crippen molar-refractivity contribution in [3.8, 4) is 11.5 Å². The van der Waals surface area contributed by atoms with E-state index in [1.807, 2.05) is 18.2 Å². The number of hydrogen-bond donors (Lipinski definition) is 0. The third-order valence-corrected chi connectivity index (χ3v) is 2.41. The van der Waals surface area contributed by atoms with E-state index < -0.39 is 0 Å². The molecule has 0 aliphatic rings. The Morgan fingerprint density at radius 2 is 1.68 bits per heavy atom. The Kier molecular flexibility index (Phi) is 4.34. The highest BCUT2D eigenvalue weighted by Crippen LogP contribution is 2.15. The molecule has 0 fully saturated rings. The quantitative estimate of drug-likeness (QED) is 0.465. The average Bonchev–Trinajstić information content (AvgIpc) is 2.46. The summed E-state index contributed by atoms with van der Waals surface area (Å²) < 4.78 is 10.6. The number of ether oxygens (including phenoxy) is 2. The summed E-state index contributed by atoms with van der Waals surface area (Å²) >= 11 is 0. The maximum atomic E-state index is 11.9. The van der Waals surface area contributed by atoms with E-state index in [0.717, 1.165) is 0 Å². The fourth-order valence-corrected chi connectivity index (χ4v) is 1.50. The van der Waals surface area contributed by atoms with E-state index in [1.165, 1.54) is 0 Å². The molecule has 96 valence electrons. The molecule has 0 bridgehead atoms. The molecule has 3 nitrogen and oxygen atoms in total. The summed E-state index contributed by atoms with van der Waals surface area (Å²) in [6.45, 7) is 4.01. The third-order valence-electron chi connectivity index (χ3n) is 2.41. The molecule has 0 amide bonds. The van der Waals surface area contributed by atoms with Gasteiger partial charge >= 0.3 is 5.97 Å². The van der Waals surface area contributed by atoms with Crippen LogP contribution in [-0.4, -0.2) is 12.6 Å². The molecular weight excluding hydrogens is 240 g/mol. The molecule has 3 heteroatoms. The standard InChI is InChI=1S/C16H14O3/c1-2-12-18-14-10-8-13(9-11-14)16(17)19-15-6-4-3-5-7-15/h2-11H,1,12H2. The Morgan fingerprint density at radius 1 is 1.00 bits per heavy atom. The smallest absolute Gasteiger partial charge is 0.343 e. The average molecular weight is 254 g/mol. The number of para-hydroxylation sites is 1. The van der Waals surface area contributed by atoms with Gasteiger partial charge in [-0.15, -0.1) is 0 Å². The summed E-state index contributed by atoms with van der Waals surface area (Å²) in [4.78, 5) is 11.9. The molecule has 0 spiro atoms. The molecular formula is C16H14O3. The fourth-order valence-electron chi connectivity index (χ4n) is 1.50. The Morgan fingerprint density at radius 3 is 2.32 bits per heavy atom. The monoisotopic (exact) mass is 254 g/mol. The zero-order valence-electron chi connectivity index (χ0n) is 10.4. The molecule has 2 aromatic carbocycles. The SMILES string of the molecule is C=CCOc1ccc(C(=O)Oc2ccccc2)cc1. The zero-order chi connectivity index (χ0) is 13.5. The predicted octanol–water partition coefficient (Wildman–Crippen LogP) is 3.47. The second-order valence-corrected chi connectivity index (χ2v) is 3.83. The number of esters is 1. The van der Waals surface area contributed by atoms with Gasteiger partial charge in [-0.1, -0.05) is 30.9 Å². The van der Waals surface area contributed by atoms with Crippen LogP contribution in [0.2, 0.25) is 0 Å². The number of hydrogen-bond acceptors (Lipinski definition) is 3. The van der Waals surface area contributed by atoms with E-state index in [0.29, 0.717) is 23.7 Å². The zero-order valence-corrected chi connectivity index (χ0v) is 10.4. The van der Waals surface area contributed by atoms with Gasteiger partial charge in [0.25, 0.3) is 0 Å². The van der Waals surface area contributed by atoms with Crippen LogP contribution in [0, 0.1) is 0 Å². The van der Waals surface area contributed by atoms with Gasteiger partial charge in [-0.05, 0) is 36.4 Å². The Balaban J connectivity index is 2.01. The van der Waals surface area contributed by atoms with Crippen LogP contribution in [0.3, 0.4) is 0 Å². The Bertz CT molecular complexity index is 544. The van der Waals surface area contributed by atoms with Crippen LogP contribution in [0.1, 0.15) is 10.4 Å². The third kappa shape index (κ3) is 3.71. The van der Waals surface area contributed by atoms with Gasteiger partial charge in [-0.3, -0.25) is 0 Å². The molecule has 0 saturated heterocycles. The molecule has 0 radical (unpaired) electrons. The van der Waals surface area contributed by atoms with Crippen molar-refractivity contribution in [1.82, 2.24) is 0 Å². The largest absolute Gasteiger partial charge is 0.490 e. The summed E-state index contributed by atoms with van der Waals surface area (Å²) in [6.07, 6.45) is 1.66. The minimum absolute atomic E-state index is 0.388. The van der Waals surface area contributed by atoms with Gasteiger partial charge < -0.3 is 9.47 Å². The lowest BCUT2D eigenvalue weighted by Gasteiger charge is -2.06. The number of benzene rings is 2. The van der Waals surface area contributed by atoms with Gasteiger partial charge in [-0.2, -0.15) is 0 Å². The number of carbonyl (C=O) groups is 1. The fraction of sp³-hybridized carbons (Fsp3) is 0.0625. The minimum atomic E-state index is -0.388. The van der Waals surface area contributed by atoms with Gasteiger partial charge in [0.2, 0.25) is 0 Å². The van der Waals surface area contributed by atoms with Crippen LogP contribution in [0.25, 0.3) is 0 Å². The Hall–Kier alpha value is -2.55. The van der Waals surface area contributed by atoms with Crippen molar-refractivity contribution in [3.05, 3.63) is 72.8 Å². The molecule has 0 heterocycles. The molecule has 0 aromatic heterocycles. The molecule has 0 aliphatic carbocycles. The van der Waals surface area contributed by atoms with Crippen LogP contribution in [0.4, 0.5) is 0 Å². The van der Waals surface area contributed by atoms with Crippen LogP contribution in [0.5, 0.6) is 11.5 Å². The normalized spacial score (nSPS) is 9.68. The van der Waals surface area contributed by atoms with E-state index in [4.69, 9.17) is 9.47 Å².